The highest BCUT2D eigenvalue weighted by molar-refractivity contribution is 8.26. The van der Waals surface area contributed by atoms with E-state index in [1.807, 2.05) is 30.3 Å². The van der Waals surface area contributed by atoms with Gasteiger partial charge in [0.05, 0.1) is 0 Å². The molecular weight excluding hydrogens is 303 g/mol. The minimum Gasteiger partial charge on any atom is -0.0893 e. The van der Waals surface area contributed by atoms with Gasteiger partial charge in [0, 0.05) is 6.04 Å². The maximum Gasteiger partial charge on any atom is 0.0379 e. The van der Waals surface area contributed by atoms with Gasteiger partial charge in [-0.05, 0) is 21.5 Å². The highest BCUT2D eigenvalue weighted by Crippen LogP contribution is 2.55. The zero-order chi connectivity index (χ0) is 15.4. The number of hydrogen-bond donors (Lipinski definition) is 0. The van der Waals surface area contributed by atoms with E-state index in [0.29, 0.717) is 0 Å². The molecule has 0 nitrogen and oxygen atoms in total. The number of benzene rings is 3. The zero-order valence-electron chi connectivity index (χ0n) is 12.2. The lowest BCUT2D eigenvalue weighted by molar-refractivity contribution is 1.65. The van der Waals surface area contributed by atoms with Crippen LogP contribution in [0.3, 0.4) is 0 Å². The van der Waals surface area contributed by atoms with Crippen molar-refractivity contribution in [3.8, 4) is 0 Å². The largest absolute Gasteiger partial charge is 0.0893 e. The maximum atomic E-state index is 6.25. The van der Waals surface area contributed by atoms with E-state index >= 15 is 0 Å². The van der Waals surface area contributed by atoms with Gasteiger partial charge in [-0.2, -0.15) is 0 Å². The van der Waals surface area contributed by atoms with E-state index in [2.05, 4.69) is 67.2 Å². The van der Waals surface area contributed by atoms with Crippen molar-refractivity contribution >= 4 is 33.8 Å². The summed E-state index contributed by atoms with van der Waals surface area (Å²) in [7, 11) is 0. The van der Waals surface area contributed by atoms with Crippen LogP contribution in [0, 0.1) is 0 Å². The molecule has 0 spiro atoms. The third-order valence-electron chi connectivity index (χ3n) is 3.73. The predicted octanol–water partition coefficient (Wildman–Crippen LogP) is 4.79. The van der Waals surface area contributed by atoms with E-state index in [1.165, 1.54) is 10.6 Å². The van der Waals surface area contributed by atoms with Gasteiger partial charge < -0.3 is 0 Å². The smallest absolute Gasteiger partial charge is 0.0379 e. The minimum absolute atomic E-state index is 1.04. The van der Waals surface area contributed by atoms with Gasteiger partial charge in [0.1, 0.15) is 0 Å². The Labute approximate surface area is 137 Å². The SMILES string of the molecule is C=C(c1ccccc1)P(=S)(c1ccccc1)c1ccccc1. The summed E-state index contributed by atoms with van der Waals surface area (Å²) in [5.41, 5.74) is 1.12. The Balaban J connectivity index is 2.21. The van der Waals surface area contributed by atoms with Crippen LogP contribution in [0.2, 0.25) is 0 Å². The Morgan fingerprint density at radius 3 is 1.41 bits per heavy atom. The molecule has 0 atom stereocenters. The summed E-state index contributed by atoms with van der Waals surface area (Å²) >= 11 is 6.25. The first kappa shape index (κ1) is 15.0. The highest BCUT2D eigenvalue weighted by atomic mass is 32.4. The van der Waals surface area contributed by atoms with Crippen LogP contribution in [-0.2, 0) is 11.8 Å². The molecule has 3 aromatic rings. The highest BCUT2D eigenvalue weighted by Gasteiger charge is 2.26. The first-order valence-electron chi connectivity index (χ1n) is 7.19. The van der Waals surface area contributed by atoms with Crippen molar-refractivity contribution in [2.24, 2.45) is 0 Å². The standard InChI is InChI=1S/C20H17PS/c1-17(18-11-5-2-6-12-18)21(22,19-13-7-3-8-14-19)20-15-9-4-10-16-20/h2-16H,1H2. The summed E-state index contributed by atoms with van der Waals surface area (Å²) in [6.07, 6.45) is 0. The molecule has 3 aromatic carbocycles. The van der Waals surface area contributed by atoms with Crippen molar-refractivity contribution in [2.45, 2.75) is 0 Å². The van der Waals surface area contributed by atoms with Crippen LogP contribution in [0.4, 0.5) is 0 Å². The van der Waals surface area contributed by atoms with Crippen LogP contribution in [0.1, 0.15) is 5.56 Å². The van der Waals surface area contributed by atoms with Gasteiger partial charge in [0.25, 0.3) is 0 Å². The van der Waals surface area contributed by atoms with Crippen molar-refractivity contribution in [1.82, 2.24) is 0 Å². The Morgan fingerprint density at radius 2 is 1.00 bits per heavy atom. The van der Waals surface area contributed by atoms with Crippen LogP contribution < -0.4 is 10.6 Å². The van der Waals surface area contributed by atoms with E-state index in [9.17, 15) is 0 Å². The Morgan fingerprint density at radius 1 is 0.636 bits per heavy atom. The molecule has 0 saturated carbocycles. The van der Waals surface area contributed by atoms with Gasteiger partial charge in [-0.15, -0.1) is 0 Å². The Hall–Kier alpha value is -1.95. The quantitative estimate of drug-likeness (QED) is 0.623. The van der Waals surface area contributed by atoms with Gasteiger partial charge in [-0.25, -0.2) is 0 Å². The van der Waals surface area contributed by atoms with Crippen LogP contribution in [-0.4, -0.2) is 0 Å². The molecule has 0 unspecified atom stereocenters. The molecule has 0 heterocycles. The lowest BCUT2D eigenvalue weighted by Gasteiger charge is -2.26. The molecule has 0 amide bonds. The Bertz CT molecular complexity index is 765. The molecule has 0 radical (unpaired) electrons. The second-order valence-electron chi connectivity index (χ2n) is 5.09. The predicted molar refractivity (Wildman–Crippen MR) is 102 cm³/mol. The van der Waals surface area contributed by atoms with Gasteiger partial charge in [-0.3, -0.25) is 0 Å². The molecule has 0 aliphatic carbocycles. The average Bonchev–Trinajstić information content (AvgIpc) is 2.62. The lowest BCUT2D eigenvalue weighted by Crippen LogP contribution is -2.16. The van der Waals surface area contributed by atoms with E-state index in [-0.39, 0.29) is 0 Å². The molecule has 3 rings (SSSR count). The van der Waals surface area contributed by atoms with Crippen LogP contribution >= 0.6 is 6.04 Å². The average molecular weight is 320 g/mol. The topological polar surface area (TPSA) is 0 Å². The van der Waals surface area contributed by atoms with E-state index in [4.69, 9.17) is 11.8 Å². The first-order valence-corrected chi connectivity index (χ1v) is 9.99. The van der Waals surface area contributed by atoms with E-state index in [0.717, 1.165) is 10.9 Å². The molecule has 0 saturated heterocycles. The molecule has 2 heteroatoms. The molecular formula is C20H17PS. The molecule has 22 heavy (non-hydrogen) atoms. The molecule has 108 valence electrons. The summed E-state index contributed by atoms with van der Waals surface area (Å²) < 4.78 is 0. The minimum atomic E-state index is -2.10. The molecule has 0 aliphatic rings. The maximum absolute atomic E-state index is 6.25. The number of rotatable bonds is 4. The summed E-state index contributed by atoms with van der Waals surface area (Å²) in [6, 6.07) is 29.0. The third kappa shape index (κ3) is 2.70. The fourth-order valence-corrected chi connectivity index (χ4v) is 6.21. The molecule has 0 aromatic heterocycles. The third-order valence-corrected chi connectivity index (χ3v) is 8.72. The zero-order valence-corrected chi connectivity index (χ0v) is 13.9. The van der Waals surface area contributed by atoms with Crippen LogP contribution in [0.25, 0.3) is 5.31 Å². The summed E-state index contributed by atoms with van der Waals surface area (Å²) in [6.45, 7) is 4.40. The monoisotopic (exact) mass is 320 g/mol. The lowest BCUT2D eigenvalue weighted by atomic mass is 10.2. The van der Waals surface area contributed by atoms with Crippen LogP contribution in [0.5, 0.6) is 0 Å². The molecule has 0 aliphatic heterocycles. The first-order chi connectivity index (χ1) is 10.7. The van der Waals surface area contributed by atoms with E-state index < -0.39 is 6.04 Å². The summed E-state index contributed by atoms with van der Waals surface area (Å²) in [5.74, 6) is 0. The van der Waals surface area contributed by atoms with Crippen LogP contribution in [0.15, 0.2) is 97.6 Å². The molecule has 0 bridgehead atoms. The fourth-order valence-electron chi connectivity index (χ4n) is 2.55. The molecule has 0 fully saturated rings. The molecule has 0 N–H and O–H groups in total. The second-order valence-corrected chi connectivity index (χ2v) is 9.53. The van der Waals surface area contributed by atoms with Gasteiger partial charge in [0.15, 0.2) is 0 Å². The van der Waals surface area contributed by atoms with Crippen molar-refractivity contribution in [3.63, 3.8) is 0 Å². The van der Waals surface area contributed by atoms with Gasteiger partial charge in [0.2, 0.25) is 0 Å². The normalized spacial score (nSPS) is 11.1. The Kier molecular flexibility index (Phi) is 4.38. The van der Waals surface area contributed by atoms with E-state index in [1.54, 1.807) is 0 Å². The van der Waals surface area contributed by atoms with Gasteiger partial charge in [-0.1, -0.05) is 109 Å². The van der Waals surface area contributed by atoms with Crippen molar-refractivity contribution in [3.05, 3.63) is 103 Å². The fraction of sp³-hybridized carbons (Fsp3) is 0. The van der Waals surface area contributed by atoms with Gasteiger partial charge >= 0.3 is 0 Å². The number of hydrogen-bond acceptors (Lipinski definition) is 1. The second kappa shape index (κ2) is 6.44. The van der Waals surface area contributed by atoms with Crippen molar-refractivity contribution in [1.29, 1.82) is 0 Å². The van der Waals surface area contributed by atoms with Crippen molar-refractivity contribution in [2.75, 3.05) is 0 Å². The summed E-state index contributed by atoms with van der Waals surface area (Å²) in [4.78, 5) is 0. The summed E-state index contributed by atoms with van der Waals surface area (Å²) in [5, 5.41) is 3.41. The van der Waals surface area contributed by atoms with Crippen molar-refractivity contribution < 1.29 is 0 Å².